The van der Waals surface area contributed by atoms with E-state index in [0.717, 1.165) is 30.6 Å². The Hall–Kier alpha value is -2.23. The van der Waals surface area contributed by atoms with E-state index in [9.17, 15) is 4.79 Å². The van der Waals surface area contributed by atoms with Crippen LogP contribution in [0, 0.1) is 6.92 Å². The fourth-order valence-corrected chi connectivity index (χ4v) is 2.60. The van der Waals surface area contributed by atoms with E-state index < -0.39 is 0 Å². The zero-order chi connectivity index (χ0) is 13.2. The molecule has 1 amide bonds. The molecule has 1 aromatic carbocycles. The van der Waals surface area contributed by atoms with Crippen LogP contribution >= 0.6 is 0 Å². The van der Waals surface area contributed by atoms with E-state index in [4.69, 9.17) is 0 Å². The summed E-state index contributed by atoms with van der Waals surface area (Å²) in [5, 5.41) is 0. The number of nitrogens with zero attached hydrogens (tertiary/aromatic N) is 3. The second-order valence-electron chi connectivity index (χ2n) is 4.73. The van der Waals surface area contributed by atoms with Crippen molar-refractivity contribution in [3.8, 4) is 0 Å². The number of aryl methyl sites for hydroxylation is 2. The number of aromatic nitrogens is 2. The minimum Gasteiger partial charge on any atom is -0.306 e. The van der Waals surface area contributed by atoms with Crippen molar-refractivity contribution in [3.05, 3.63) is 53.6 Å². The molecule has 96 valence electrons. The standard InChI is InChI=1S/C15H15N3O/c1-11-4-2-5-12-6-3-9-18(14(11)12)15(19)13-10-16-7-8-17-13/h2,4-5,7-8,10H,3,6,9H2,1H3. The van der Waals surface area contributed by atoms with Crippen molar-refractivity contribution >= 4 is 11.6 Å². The molecule has 0 saturated heterocycles. The van der Waals surface area contributed by atoms with E-state index in [2.05, 4.69) is 16.0 Å². The van der Waals surface area contributed by atoms with E-state index in [-0.39, 0.29) is 5.91 Å². The molecule has 0 bridgehead atoms. The topological polar surface area (TPSA) is 46.1 Å². The third-order valence-corrected chi connectivity index (χ3v) is 3.45. The second-order valence-corrected chi connectivity index (χ2v) is 4.73. The fourth-order valence-electron chi connectivity index (χ4n) is 2.60. The first-order valence-corrected chi connectivity index (χ1v) is 6.44. The van der Waals surface area contributed by atoms with Gasteiger partial charge in [0.05, 0.1) is 11.9 Å². The van der Waals surface area contributed by atoms with Crippen molar-refractivity contribution in [2.45, 2.75) is 19.8 Å². The van der Waals surface area contributed by atoms with Gasteiger partial charge in [-0.25, -0.2) is 4.98 Å². The van der Waals surface area contributed by atoms with Crippen LogP contribution in [0.15, 0.2) is 36.8 Å². The third kappa shape index (κ3) is 2.10. The second kappa shape index (κ2) is 4.80. The highest BCUT2D eigenvalue weighted by Crippen LogP contribution is 2.31. The lowest BCUT2D eigenvalue weighted by Gasteiger charge is -2.30. The summed E-state index contributed by atoms with van der Waals surface area (Å²) in [5.74, 6) is -0.0663. The molecule has 0 unspecified atom stereocenters. The largest absolute Gasteiger partial charge is 0.306 e. The molecule has 0 fully saturated rings. The van der Waals surface area contributed by atoms with Gasteiger partial charge in [0.1, 0.15) is 5.69 Å². The first kappa shape index (κ1) is 11.8. The minimum atomic E-state index is -0.0663. The van der Waals surface area contributed by atoms with Crippen molar-refractivity contribution in [2.24, 2.45) is 0 Å². The molecule has 0 aliphatic carbocycles. The molecule has 1 aliphatic rings. The third-order valence-electron chi connectivity index (χ3n) is 3.45. The monoisotopic (exact) mass is 253 g/mol. The van der Waals surface area contributed by atoms with E-state index >= 15 is 0 Å². The van der Waals surface area contributed by atoms with Gasteiger partial charge in [0, 0.05) is 18.9 Å². The number of rotatable bonds is 1. The molecule has 19 heavy (non-hydrogen) atoms. The predicted molar refractivity (Wildman–Crippen MR) is 73.2 cm³/mol. The average Bonchev–Trinajstić information content (AvgIpc) is 2.47. The molecular formula is C15H15N3O. The van der Waals surface area contributed by atoms with Crippen molar-refractivity contribution in [3.63, 3.8) is 0 Å². The number of para-hydroxylation sites is 1. The van der Waals surface area contributed by atoms with Gasteiger partial charge in [-0.3, -0.25) is 9.78 Å². The van der Waals surface area contributed by atoms with Crippen molar-refractivity contribution in [1.29, 1.82) is 0 Å². The highest BCUT2D eigenvalue weighted by Gasteiger charge is 2.25. The number of hydrogen-bond donors (Lipinski definition) is 0. The Morgan fingerprint density at radius 1 is 1.32 bits per heavy atom. The number of benzene rings is 1. The van der Waals surface area contributed by atoms with Crippen LogP contribution in [-0.2, 0) is 6.42 Å². The van der Waals surface area contributed by atoms with Crippen LogP contribution in [0.2, 0.25) is 0 Å². The van der Waals surface area contributed by atoms with Gasteiger partial charge in [0.25, 0.3) is 5.91 Å². The SMILES string of the molecule is Cc1cccc2c1N(C(=O)c1cnccn1)CCC2. The van der Waals surface area contributed by atoms with Gasteiger partial charge >= 0.3 is 0 Å². The summed E-state index contributed by atoms with van der Waals surface area (Å²) in [7, 11) is 0. The Kier molecular flexibility index (Phi) is 2.99. The summed E-state index contributed by atoms with van der Waals surface area (Å²) in [4.78, 5) is 22.4. The predicted octanol–water partition coefficient (Wildman–Crippen LogP) is 2.38. The van der Waals surface area contributed by atoms with Gasteiger partial charge in [0.15, 0.2) is 0 Å². The van der Waals surface area contributed by atoms with Crippen molar-refractivity contribution in [1.82, 2.24) is 9.97 Å². The van der Waals surface area contributed by atoms with Crippen LogP contribution in [0.1, 0.15) is 28.0 Å². The zero-order valence-corrected chi connectivity index (χ0v) is 10.8. The molecular weight excluding hydrogens is 238 g/mol. The number of fused-ring (bicyclic) bond motifs is 1. The summed E-state index contributed by atoms with van der Waals surface area (Å²) in [6, 6.07) is 6.18. The average molecular weight is 253 g/mol. The molecule has 4 heteroatoms. The van der Waals surface area contributed by atoms with E-state index in [0.29, 0.717) is 5.69 Å². The Bertz CT molecular complexity index is 610. The molecule has 0 saturated carbocycles. The van der Waals surface area contributed by atoms with Crippen LogP contribution in [0.3, 0.4) is 0 Å². The van der Waals surface area contributed by atoms with Gasteiger partial charge in [-0.1, -0.05) is 18.2 Å². The maximum absolute atomic E-state index is 12.5. The summed E-state index contributed by atoms with van der Waals surface area (Å²) in [6.07, 6.45) is 6.67. The molecule has 1 aliphatic heterocycles. The van der Waals surface area contributed by atoms with Gasteiger partial charge in [-0.15, -0.1) is 0 Å². The summed E-state index contributed by atoms with van der Waals surface area (Å²) in [5.41, 5.74) is 3.82. The quantitative estimate of drug-likeness (QED) is 0.784. The van der Waals surface area contributed by atoms with Crippen molar-refractivity contribution < 1.29 is 4.79 Å². The maximum atomic E-state index is 12.5. The van der Waals surface area contributed by atoms with Crippen LogP contribution in [0.5, 0.6) is 0 Å². The van der Waals surface area contributed by atoms with Crippen LogP contribution < -0.4 is 4.90 Å². The first-order valence-electron chi connectivity index (χ1n) is 6.44. The maximum Gasteiger partial charge on any atom is 0.278 e. The van der Waals surface area contributed by atoms with Crippen LogP contribution in [0.4, 0.5) is 5.69 Å². The highest BCUT2D eigenvalue weighted by molar-refractivity contribution is 6.05. The normalized spacial score (nSPS) is 14.1. The molecule has 1 aromatic heterocycles. The Labute approximate surface area is 112 Å². The smallest absolute Gasteiger partial charge is 0.278 e. The zero-order valence-electron chi connectivity index (χ0n) is 10.8. The number of carbonyl (C=O) groups excluding carboxylic acids is 1. The van der Waals surface area contributed by atoms with Crippen molar-refractivity contribution in [2.75, 3.05) is 11.4 Å². The molecule has 4 nitrogen and oxygen atoms in total. The lowest BCUT2D eigenvalue weighted by atomic mass is 9.98. The van der Waals surface area contributed by atoms with Gasteiger partial charge in [0.2, 0.25) is 0 Å². The summed E-state index contributed by atoms with van der Waals surface area (Å²) >= 11 is 0. The van der Waals surface area contributed by atoms with Gasteiger partial charge < -0.3 is 4.90 Å². The Morgan fingerprint density at radius 3 is 3.00 bits per heavy atom. The van der Waals surface area contributed by atoms with E-state index in [1.54, 1.807) is 12.4 Å². The van der Waals surface area contributed by atoms with E-state index in [1.807, 2.05) is 24.0 Å². The number of anilines is 1. The molecule has 0 atom stereocenters. The Balaban J connectivity index is 2.03. The summed E-state index contributed by atoms with van der Waals surface area (Å²) < 4.78 is 0. The number of hydrogen-bond acceptors (Lipinski definition) is 3. The highest BCUT2D eigenvalue weighted by atomic mass is 16.2. The number of amides is 1. The first-order chi connectivity index (χ1) is 9.27. The van der Waals surface area contributed by atoms with E-state index in [1.165, 1.54) is 11.8 Å². The van der Waals surface area contributed by atoms with Crippen LogP contribution in [0.25, 0.3) is 0 Å². The molecule has 0 radical (unpaired) electrons. The molecule has 2 heterocycles. The summed E-state index contributed by atoms with van der Waals surface area (Å²) in [6.45, 7) is 2.79. The molecule has 0 N–H and O–H groups in total. The fraction of sp³-hybridized carbons (Fsp3) is 0.267. The lowest BCUT2D eigenvalue weighted by molar-refractivity contribution is 0.0979. The lowest BCUT2D eigenvalue weighted by Crippen LogP contribution is -2.36. The van der Waals surface area contributed by atoms with Gasteiger partial charge in [-0.05, 0) is 30.9 Å². The van der Waals surface area contributed by atoms with Crippen LogP contribution in [-0.4, -0.2) is 22.4 Å². The molecule has 2 aromatic rings. The molecule has 0 spiro atoms. The number of carbonyl (C=O) groups is 1. The molecule has 3 rings (SSSR count). The minimum absolute atomic E-state index is 0.0663. The van der Waals surface area contributed by atoms with Gasteiger partial charge in [-0.2, -0.15) is 0 Å². The Morgan fingerprint density at radius 2 is 2.21 bits per heavy atom.